The van der Waals surface area contributed by atoms with E-state index in [0.29, 0.717) is 0 Å². The van der Waals surface area contributed by atoms with Gasteiger partial charge in [0.15, 0.2) is 0 Å². The van der Waals surface area contributed by atoms with Crippen molar-refractivity contribution in [3.8, 4) is 0 Å². The van der Waals surface area contributed by atoms with Crippen molar-refractivity contribution in [1.29, 1.82) is 0 Å². The average Bonchev–Trinajstić information content (AvgIpc) is 2.74. The third kappa shape index (κ3) is 3.62. The lowest BCUT2D eigenvalue weighted by atomic mass is 9.91. The second-order valence-corrected chi connectivity index (χ2v) is 6.42. The lowest BCUT2D eigenvalue weighted by molar-refractivity contribution is -0.126. The summed E-state index contributed by atoms with van der Waals surface area (Å²) in [6.45, 7) is 7.77. The SMILES string of the molecule is Cc1nn(C)c(C)c1CC(C)NC(=O)C(C)(N)c1ccccc1. The quantitative estimate of drug-likeness (QED) is 0.886. The van der Waals surface area contributed by atoms with E-state index in [1.165, 1.54) is 5.56 Å². The van der Waals surface area contributed by atoms with E-state index in [1.807, 2.05) is 62.8 Å². The zero-order valence-corrected chi connectivity index (χ0v) is 14.6. The van der Waals surface area contributed by atoms with Crippen LogP contribution in [0.15, 0.2) is 30.3 Å². The zero-order chi connectivity index (χ0) is 17.2. The molecule has 2 rings (SSSR count). The monoisotopic (exact) mass is 314 g/mol. The Hall–Kier alpha value is -2.14. The van der Waals surface area contributed by atoms with E-state index >= 15 is 0 Å². The summed E-state index contributed by atoms with van der Waals surface area (Å²) in [5.41, 5.74) is 9.33. The number of hydrogen-bond donors (Lipinski definition) is 2. The first kappa shape index (κ1) is 17.2. The number of nitrogens with two attached hydrogens (primary N) is 1. The molecule has 1 aromatic carbocycles. The number of nitrogens with zero attached hydrogens (tertiary/aromatic N) is 2. The minimum atomic E-state index is -1.05. The van der Waals surface area contributed by atoms with Gasteiger partial charge in [-0.05, 0) is 45.2 Å². The summed E-state index contributed by atoms with van der Waals surface area (Å²) in [5, 5.41) is 7.45. The number of carbonyl (C=O) groups is 1. The molecule has 2 atom stereocenters. The third-order valence-corrected chi connectivity index (χ3v) is 4.39. The number of benzene rings is 1. The molecule has 2 unspecified atom stereocenters. The van der Waals surface area contributed by atoms with Gasteiger partial charge in [0.1, 0.15) is 5.54 Å². The van der Waals surface area contributed by atoms with Gasteiger partial charge in [0.2, 0.25) is 5.91 Å². The molecule has 5 heteroatoms. The van der Waals surface area contributed by atoms with E-state index in [4.69, 9.17) is 5.73 Å². The maximum absolute atomic E-state index is 12.6. The molecule has 0 aliphatic heterocycles. The minimum absolute atomic E-state index is 0.0179. The van der Waals surface area contributed by atoms with E-state index in [0.717, 1.165) is 23.4 Å². The van der Waals surface area contributed by atoms with Crippen molar-refractivity contribution < 1.29 is 4.79 Å². The van der Waals surface area contributed by atoms with Crippen LogP contribution >= 0.6 is 0 Å². The van der Waals surface area contributed by atoms with Crippen LogP contribution in [-0.4, -0.2) is 21.7 Å². The fourth-order valence-electron chi connectivity index (χ4n) is 2.76. The molecule has 0 bridgehead atoms. The van der Waals surface area contributed by atoms with Gasteiger partial charge in [-0.2, -0.15) is 5.10 Å². The lowest BCUT2D eigenvalue weighted by Crippen LogP contribution is -2.51. The minimum Gasteiger partial charge on any atom is -0.351 e. The van der Waals surface area contributed by atoms with Crippen LogP contribution < -0.4 is 11.1 Å². The van der Waals surface area contributed by atoms with Crippen LogP contribution in [0.2, 0.25) is 0 Å². The summed E-state index contributed by atoms with van der Waals surface area (Å²) in [6.07, 6.45) is 0.738. The number of aryl methyl sites for hydroxylation is 2. The Kier molecular flexibility index (Phi) is 4.90. The van der Waals surface area contributed by atoms with Gasteiger partial charge in [-0.3, -0.25) is 9.48 Å². The average molecular weight is 314 g/mol. The molecular formula is C18H26N4O. The van der Waals surface area contributed by atoms with E-state index < -0.39 is 5.54 Å². The van der Waals surface area contributed by atoms with Crippen molar-refractivity contribution in [2.75, 3.05) is 0 Å². The lowest BCUT2D eigenvalue weighted by Gasteiger charge is -2.26. The van der Waals surface area contributed by atoms with Gasteiger partial charge in [0.25, 0.3) is 0 Å². The van der Waals surface area contributed by atoms with Gasteiger partial charge in [-0.1, -0.05) is 30.3 Å². The molecule has 124 valence electrons. The summed E-state index contributed by atoms with van der Waals surface area (Å²) in [5.74, 6) is -0.171. The largest absolute Gasteiger partial charge is 0.351 e. The molecule has 0 radical (unpaired) electrons. The fraction of sp³-hybridized carbons (Fsp3) is 0.444. The molecule has 1 amide bonds. The van der Waals surface area contributed by atoms with Gasteiger partial charge in [0.05, 0.1) is 5.69 Å². The normalized spacial score (nSPS) is 15.0. The molecule has 0 aliphatic carbocycles. The van der Waals surface area contributed by atoms with Gasteiger partial charge in [0, 0.05) is 18.8 Å². The van der Waals surface area contributed by atoms with Crippen LogP contribution in [-0.2, 0) is 23.8 Å². The zero-order valence-electron chi connectivity index (χ0n) is 14.6. The first-order valence-corrected chi connectivity index (χ1v) is 7.88. The molecular weight excluding hydrogens is 288 g/mol. The molecule has 2 aromatic rings. The Labute approximate surface area is 137 Å². The van der Waals surface area contributed by atoms with Crippen LogP contribution in [0.5, 0.6) is 0 Å². The number of amides is 1. The summed E-state index contributed by atoms with van der Waals surface area (Å²) in [4.78, 5) is 12.6. The highest BCUT2D eigenvalue weighted by atomic mass is 16.2. The van der Waals surface area contributed by atoms with Crippen molar-refractivity contribution in [1.82, 2.24) is 15.1 Å². The van der Waals surface area contributed by atoms with Gasteiger partial charge >= 0.3 is 0 Å². The Morgan fingerprint density at radius 1 is 1.35 bits per heavy atom. The summed E-state index contributed by atoms with van der Waals surface area (Å²) in [7, 11) is 1.93. The molecule has 0 aliphatic rings. The van der Waals surface area contributed by atoms with E-state index in [1.54, 1.807) is 6.92 Å². The van der Waals surface area contributed by atoms with E-state index in [2.05, 4.69) is 10.4 Å². The van der Waals surface area contributed by atoms with E-state index in [-0.39, 0.29) is 11.9 Å². The molecule has 1 heterocycles. The number of carbonyl (C=O) groups excluding carboxylic acids is 1. The molecule has 0 saturated heterocycles. The molecule has 1 aromatic heterocycles. The summed E-state index contributed by atoms with van der Waals surface area (Å²) >= 11 is 0. The van der Waals surface area contributed by atoms with Crippen LogP contribution in [0.25, 0.3) is 0 Å². The number of aromatic nitrogens is 2. The maximum Gasteiger partial charge on any atom is 0.244 e. The molecule has 3 N–H and O–H groups in total. The highest BCUT2D eigenvalue weighted by Gasteiger charge is 2.31. The third-order valence-electron chi connectivity index (χ3n) is 4.39. The van der Waals surface area contributed by atoms with Gasteiger partial charge in [-0.25, -0.2) is 0 Å². The first-order valence-electron chi connectivity index (χ1n) is 7.88. The maximum atomic E-state index is 12.6. The predicted molar refractivity (Wildman–Crippen MR) is 92.0 cm³/mol. The van der Waals surface area contributed by atoms with Crippen molar-refractivity contribution in [3.63, 3.8) is 0 Å². The smallest absolute Gasteiger partial charge is 0.244 e. The second kappa shape index (κ2) is 6.54. The van der Waals surface area contributed by atoms with Crippen LogP contribution in [0.1, 0.15) is 36.4 Å². The molecule has 0 saturated carbocycles. The Balaban J connectivity index is 2.08. The standard InChI is InChI=1S/C18H26N4O/c1-12(11-16-13(2)21-22(5)14(16)3)20-17(23)18(4,19)15-9-7-6-8-10-15/h6-10,12H,11,19H2,1-5H3,(H,20,23). The number of hydrogen-bond acceptors (Lipinski definition) is 3. The highest BCUT2D eigenvalue weighted by molar-refractivity contribution is 5.87. The Morgan fingerprint density at radius 2 is 1.96 bits per heavy atom. The number of rotatable bonds is 5. The Morgan fingerprint density at radius 3 is 2.48 bits per heavy atom. The molecule has 23 heavy (non-hydrogen) atoms. The topological polar surface area (TPSA) is 72.9 Å². The first-order chi connectivity index (χ1) is 10.7. The second-order valence-electron chi connectivity index (χ2n) is 6.42. The highest BCUT2D eigenvalue weighted by Crippen LogP contribution is 2.19. The van der Waals surface area contributed by atoms with Gasteiger partial charge in [-0.15, -0.1) is 0 Å². The van der Waals surface area contributed by atoms with Crippen molar-refractivity contribution in [2.24, 2.45) is 12.8 Å². The van der Waals surface area contributed by atoms with Crippen LogP contribution in [0.3, 0.4) is 0 Å². The molecule has 5 nitrogen and oxygen atoms in total. The predicted octanol–water partition coefficient (Wildman–Crippen LogP) is 1.96. The van der Waals surface area contributed by atoms with Crippen LogP contribution in [0.4, 0.5) is 0 Å². The Bertz CT molecular complexity index is 689. The molecule has 0 spiro atoms. The van der Waals surface area contributed by atoms with Crippen LogP contribution in [0, 0.1) is 13.8 Å². The van der Waals surface area contributed by atoms with Crippen molar-refractivity contribution in [2.45, 2.75) is 45.7 Å². The van der Waals surface area contributed by atoms with E-state index in [9.17, 15) is 4.79 Å². The van der Waals surface area contributed by atoms with Gasteiger partial charge < -0.3 is 11.1 Å². The van der Waals surface area contributed by atoms with Crippen molar-refractivity contribution in [3.05, 3.63) is 52.8 Å². The fourth-order valence-corrected chi connectivity index (χ4v) is 2.76. The molecule has 0 fully saturated rings. The summed E-state index contributed by atoms with van der Waals surface area (Å²) < 4.78 is 1.87. The number of nitrogens with one attached hydrogen (secondary N) is 1. The van der Waals surface area contributed by atoms with Crippen molar-refractivity contribution >= 4 is 5.91 Å². The summed E-state index contributed by atoms with van der Waals surface area (Å²) in [6, 6.07) is 9.42.